The second-order valence-electron chi connectivity index (χ2n) is 4.64. The third-order valence-electron chi connectivity index (χ3n) is 2.84. The second kappa shape index (κ2) is 8.51. The van der Waals surface area contributed by atoms with Gasteiger partial charge in [0, 0.05) is 0 Å². The fourth-order valence-electron chi connectivity index (χ4n) is 1.72. The Morgan fingerprint density at radius 3 is 2.55 bits per heavy atom. The fourth-order valence-corrected chi connectivity index (χ4v) is 2.92. The lowest BCUT2D eigenvalue weighted by Gasteiger charge is -2.16. The normalized spacial score (nSPS) is 13.0. The number of rotatable bonds is 8. The van der Waals surface area contributed by atoms with Crippen molar-refractivity contribution in [1.29, 1.82) is 0 Å². The maximum Gasteiger partial charge on any atom is 0.324 e. The third kappa shape index (κ3) is 5.46. The molecule has 1 rings (SSSR count). The average Bonchev–Trinajstić information content (AvgIpc) is 2.47. The molecule has 0 saturated heterocycles. The molecule has 0 saturated carbocycles. The number of hydrogen-bond acceptors (Lipinski definition) is 4. The summed E-state index contributed by atoms with van der Waals surface area (Å²) in [5.74, 6) is -0.605. The van der Waals surface area contributed by atoms with Gasteiger partial charge in [0.15, 0.2) is 0 Å². The van der Waals surface area contributed by atoms with E-state index in [1.165, 1.54) is 12.1 Å². The van der Waals surface area contributed by atoms with E-state index in [1.54, 1.807) is 37.3 Å². The van der Waals surface area contributed by atoms with Crippen molar-refractivity contribution in [3.8, 4) is 0 Å². The Morgan fingerprint density at radius 1 is 1.36 bits per heavy atom. The molecule has 0 spiro atoms. The van der Waals surface area contributed by atoms with Gasteiger partial charge in [0.1, 0.15) is 6.04 Å². The second-order valence-corrected chi connectivity index (χ2v) is 6.35. The first-order valence-electron chi connectivity index (χ1n) is 6.94. The number of ether oxygens (including phenoxy) is 1. The minimum absolute atomic E-state index is 0.111. The van der Waals surface area contributed by atoms with Crippen molar-refractivity contribution in [3.05, 3.63) is 54.6 Å². The molecular weight excluding hydrogens is 302 g/mol. The predicted molar refractivity (Wildman–Crippen MR) is 85.9 cm³/mol. The fraction of sp³-hybridized carbons (Fsp3) is 0.312. The van der Waals surface area contributed by atoms with Crippen molar-refractivity contribution in [3.63, 3.8) is 0 Å². The molecule has 0 aliphatic heterocycles. The van der Waals surface area contributed by atoms with Crippen LogP contribution < -0.4 is 4.72 Å². The van der Waals surface area contributed by atoms with Gasteiger partial charge in [0.05, 0.1) is 11.5 Å². The lowest BCUT2D eigenvalue weighted by atomic mass is 10.2. The van der Waals surface area contributed by atoms with Gasteiger partial charge in [-0.3, -0.25) is 4.79 Å². The Bertz CT molecular complexity index is 633. The summed E-state index contributed by atoms with van der Waals surface area (Å²) in [6, 6.07) is 5.43. The van der Waals surface area contributed by atoms with E-state index in [2.05, 4.69) is 11.3 Å². The van der Waals surface area contributed by atoms with Crippen LogP contribution in [-0.4, -0.2) is 27.0 Å². The van der Waals surface area contributed by atoms with E-state index in [0.29, 0.717) is 0 Å². The molecule has 1 atom stereocenters. The van der Waals surface area contributed by atoms with E-state index >= 15 is 0 Å². The van der Waals surface area contributed by atoms with E-state index in [0.717, 1.165) is 5.56 Å². The van der Waals surface area contributed by atoms with Gasteiger partial charge < -0.3 is 4.74 Å². The molecule has 0 aliphatic rings. The first kappa shape index (κ1) is 18.1. The van der Waals surface area contributed by atoms with Gasteiger partial charge in [-0.05, 0) is 32.4 Å². The summed E-state index contributed by atoms with van der Waals surface area (Å²) in [6.07, 6.45) is 5.05. The molecule has 0 fully saturated rings. The number of hydrogen-bond donors (Lipinski definition) is 1. The molecule has 1 unspecified atom stereocenters. The van der Waals surface area contributed by atoms with Crippen LogP contribution in [0.25, 0.3) is 0 Å². The van der Waals surface area contributed by atoms with Crippen LogP contribution in [0, 0.1) is 6.92 Å². The minimum atomic E-state index is -3.79. The van der Waals surface area contributed by atoms with Crippen molar-refractivity contribution in [2.24, 2.45) is 0 Å². The Morgan fingerprint density at radius 2 is 2.00 bits per heavy atom. The molecule has 0 amide bonds. The first-order valence-corrected chi connectivity index (χ1v) is 8.42. The predicted octanol–water partition coefficient (Wildman–Crippen LogP) is 2.34. The molecule has 1 aromatic carbocycles. The maximum absolute atomic E-state index is 12.3. The quantitative estimate of drug-likeness (QED) is 0.589. The first-order chi connectivity index (χ1) is 10.4. The van der Waals surface area contributed by atoms with Gasteiger partial charge in [0.25, 0.3) is 0 Å². The molecule has 0 aliphatic carbocycles. The third-order valence-corrected chi connectivity index (χ3v) is 4.33. The van der Waals surface area contributed by atoms with Gasteiger partial charge in [-0.2, -0.15) is 4.72 Å². The zero-order valence-electron chi connectivity index (χ0n) is 12.8. The standard InChI is InChI=1S/C16H21NO4S/c1-4-6-7-8-15(16(18)21-5-2)17-22(19,20)14-11-9-13(3)10-12-14/h4,6-7,9-12,15,17H,1,5,8H2,2-3H3/b7-6+. The van der Waals surface area contributed by atoms with E-state index in [1.807, 2.05) is 6.92 Å². The Hall–Kier alpha value is -1.92. The monoisotopic (exact) mass is 323 g/mol. The van der Waals surface area contributed by atoms with E-state index < -0.39 is 22.0 Å². The van der Waals surface area contributed by atoms with Crippen molar-refractivity contribution in [1.82, 2.24) is 4.72 Å². The summed E-state index contributed by atoms with van der Waals surface area (Å²) in [4.78, 5) is 12.0. The van der Waals surface area contributed by atoms with Gasteiger partial charge in [-0.25, -0.2) is 8.42 Å². The summed E-state index contributed by atoms with van der Waals surface area (Å²) in [7, 11) is -3.79. The summed E-state index contributed by atoms with van der Waals surface area (Å²) >= 11 is 0. The number of carbonyl (C=O) groups excluding carboxylic acids is 1. The number of allylic oxidation sites excluding steroid dienone is 2. The van der Waals surface area contributed by atoms with Crippen LogP contribution in [0.4, 0.5) is 0 Å². The number of sulfonamides is 1. The number of aryl methyl sites for hydroxylation is 1. The molecule has 1 aromatic rings. The molecule has 0 radical (unpaired) electrons. The van der Waals surface area contributed by atoms with E-state index in [-0.39, 0.29) is 17.9 Å². The molecule has 1 N–H and O–H groups in total. The largest absolute Gasteiger partial charge is 0.465 e. The highest BCUT2D eigenvalue weighted by Crippen LogP contribution is 2.12. The Balaban J connectivity index is 2.95. The number of carbonyl (C=O) groups is 1. The highest BCUT2D eigenvalue weighted by atomic mass is 32.2. The number of esters is 1. The van der Waals surface area contributed by atoms with Crippen molar-refractivity contribution in [2.75, 3.05) is 6.61 Å². The number of nitrogens with one attached hydrogen (secondary N) is 1. The van der Waals surface area contributed by atoms with Crippen LogP contribution in [0.5, 0.6) is 0 Å². The molecule has 5 nitrogen and oxygen atoms in total. The van der Waals surface area contributed by atoms with Crippen molar-refractivity contribution < 1.29 is 17.9 Å². The van der Waals surface area contributed by atoms with Crippen LogP contribution >= 0.6 is 0 Å². The van der Waals surface area contributed by atoms with Crippen LogP contribution in [-0.2, 0) is 19.6 Å². The summed E-state index contributed by atoms with van der Waals surface area (Å²) in [5.41, 5.74) is 0.954. The molecule has 0 heterocycles. The minimum Gasteiger partial charge on any atom is -0.465 e. The maximum atomic E-state index is 12.3. The molecule has 0 bridgehead atoms. The van der Waals surface area contributed by atoms with E-state index in [9.17, 15) is 13.2 Å². The van der Waals surface area contributed by atoms with Gasteiger partial charge >= 0.3 is 5.97 Å². The topological polar surface area (TPSA) is 72.5 Å². The molecule has 22 heavy (non-hydrogen) atoms. The summed E-state index contributed by atoms with van der Waals surface area (Å²) in [5, 5.41) is 0. The SMILES string of the molecule is C=C/C=C/CC(NS(=O)(=O)c1ccc(C)cc1)C(=O)OCC. The van der Waals surface area contributed by atoms with Crippen LogP contribution in [0.1, 0.15) is 18.9 Å². The van der Waals surface area contributed by atoms with Gasteiger partial charge in [-0.15, -0.1) is 0 Å². The lowest BCUT2D eigenvalue weighted by Crippen LogP contribution is -2.41. The Kier molecular flexibility index (Phi) is 7.01. The molecule has 120 valence electrons. The Labute approximate surface area is 131 Å². The van der Waals surface area contributed by atoms with Gasteiger partial charge in [-0.1, -0.05) is 42.5 Å². The molecular formula is C16H21NO4S. The molecule has 0 aromatic heterocycles. The zero-order valence-corrected chi connectivity index (χ0v) is 13.6. The van der Waals surface area contributed by atoms with Gasteiger partial charge in [0.2, 0.25) is 10.0 Å². The smallest absolute Gasteiger partial charge is 0.324 e. The molecule has 6 heteroatoms. The average molecular weight is 323 g/mol. The highest BCUT2D eigenvalue weighted by Gasteiger charge is 2.25. The van der Waals surface area contributed by atoms with Crippen LogP contribution in [0.15, 0.2) is 54.0 Å². The van der Waals surface area contributed by atoms with Crippen molar-refractivity contribution in [2.45, 2.75) is 31.2 Å². The van der Waals surface area contributed by atoms with Crippen molar-refractivity contribution >= 4 is 16.0 Å². The van der Waals surface area contributed by atoms with Crippen LogP contribution in [0.3, 0.4) is 0 Å². The van der Waals surface area contributed by atoms with Crippen LogP contribution in [0.2, 0.25) is 0 Å². The highest BCUT2D eigenvalue weighted by molar-refractivity contribution is 7.89. The zero-order chi connectivity index (χ0) is 16.6. The lowest BCUT2D eigenvalue weighted by molar-refractivity contribution is -0.145. The summed E-state index contributed by atoms with van der Waals surface area (Å²) in [6.45, 7) is 7.25. The summed E-state index contributed by atoms with van der Waals surface area (Å²) < 4.78 is 32.0. The number of benzene rings is 1. The van der Waals surface area contributed by atoms with E-state index in [4.69, 9.17) is 4.74 Å².